The van der Waals surface area contributed by atoms with Gasteiger partial charge in [0.25, 0.3) is 0 Å². The molecule has 1 atom stereocenters. The van der Waals surface area contributed by atoms with E-state index in [-0.39, 0.29) is 11.4 Å². The molecule has 0 spiro atoms. The number of carbonyl (C=O) groups excluding carboxylic acids is 1. The van der Waals surface area contributed by atoms with E-state index in [1.807, 2.05) is 18.2 Å². The van der Waals surface area contributed by atoms with Crippen LogP contribution in [0.2, 0.25) is 0 Å². The zero-order chi connectivity index (χ0) is 16.8. The molecule has 3 N–H and O–H groups in total. The third kappa shape index (κ3) is 3.92. The average molecular weight is 327 g/mol. The summed E-state index contributed by atoms with van der Waals surface area (Å²) in [6, 6.07) is 10.2. The first kappa shape index (κ1) is 16.9. The van der Waals surface area contributed by atoms with Crippen LogP contribution in [0.1, 0.15) is 58.3 Å². The van der Waals surface area contributed by atoms with E-state index in [2.05, 4.69) is 34.4 Å². The van der Waals surface area contributed by atoms with E-state index < -0.39 is 0 Å². The van der Waals surface area contributed by atoms with Gasteiger partial charge < -0.3 is 16.2 Å². The van der Waals surface area contributed by atoms with Crippen LogP contribution < -0.4 is 16.2 Å². The number of benzene rings is 1. The van der Waals surface area contributed by atoms with E-state index in [1.54, 1.807) is 6.92 Å². The lowest BCUT2D eigenvalue weighted by molar-refractivity contribution is -0.122. The second-order valence-corrected chi connectivity index (χ2v) is 7.16. The van der Waals surface area contributed by atoms with Crippen molar-refractivity contribution in [3.8, 4) is 0 Å². The smallest absolute Gasteiger partial charge is 0.217 e. The molecule has 1 aromatic carbocycles. The maximum atomic E-state index is 11.9. The minimum Gasteiger partial charge on any atom is -0.350 e. The molecule has 0 radical (unpaired) electrons. The van der Waals surface area contributed by atoms with Gasteiger partial charge in [0.15, 0.2) is 0 Å². The van der Waals surface area contributed by atoms with E-state index in [9.17, 15) is 4.79 Å². The van der Waals surface area contributed by atoms with Crippen LogP contribution in [0.4, 0.5) is 5.69 Å². The van der Waals surface area contributed by atoms with Gasteiger partial charge in [0, 0.05) is 24.1 Å². The Kier molecular flexibility index (Phi) is 5.44. The highest BCUT2D eigenvalue weighted by atomic mass is 16.1. The normalized spacial score (nSPS) is 23.0. The number of para-hydroxylation sites is 1. The third-order valence-electron chi connectivity index (χ3n) is 5.40. The molecular formula is C20H29N3O. The number of allylic oxidation sites excluding steroid dienone is 1. The summed E-state index contributed by atoms with van der Waals surface area (Å²) in [6.07, 6.45) is 11.6. The maximum absolute atomic E-state index is 11.9. The van der Waals surface area contributed by atoms with Gasteiger partial charge in [-0.15, -0.1) is 0 Å². The Bertz CT molecular complexity index is 576. The molecule has 24 heavy (non-hydrogen) atoms. The van der Waals surface area contributed by atoms with Gasteiger partial charge in [-0.3, -0.25) is 4.79 Å². The molecule has 130 valence electrons. The minimum absolute atomic E-state index is 0.0816. The molecular weight excluding hydrogens is 298 g/mol. The molecule has 3 rings (SSSR count). The number of rotatable bonds is 5. The van der Waals surface area contributed by atoms with Crippen LogP contribution in [-0.4, -0.2) is 11.4 Å². The van der Waals surface area contributed by atoms with Crippen molar-refractivity contribution < 1.29 is 4.79 Å². The summed E-state index contributed by atoms with van der Waals surface area (Å²) >= 11 is 0. The summed E-state index contributed by atoms with van der Waals surface area (Å²) in [5.74, 6) is 0.463. The number of amides is 1. The molecule has 0 unspecified atom stereocenters. The number of anilines is 1. The Labute approximate surface area is 145 Å². The van der Waals surface area contributed by atoms with Gasteiger partial charge >= 0.3 is 0 Å². The molecule has 0 aromatic heterocycles. The standard InChI is InChI=1S/C20H29N3O/c1-16(24)21-20(14-8-3-9-15-20)18-12-6-7-13-19(18)23-22-17-10-4-2-5-11-17/h2,4-5,10-11,13,18,22-23H,3,6-9,12,14-15H2,1H3,(H,21,24)/t18-/m1/s1. The molecule has 1 fully saturated rings. The van der Waals surface area contributed by atoms with Crippen molar-refractivity contribution in [1.82, 2.24) is 10.7 Å². The first-order valence-electron chi connectivity index (χ1n) is 9.25. The van der Waals surface area contributed by atoms with E-state index in [1.165, 1.54) is 31.4 Å². The summed E-state index contributed by atoms with van der Waals surface area (Å²) in [7, 11) is 0. The van der Waals surface area contributed by atoms with E-state index >= 15 is 0 Å². The Hall–Kier alpha value is -1.97. The minimum atomic E-state index is -0.0816. The average Bonchev–Trinajstić information content (AvgIpc) is 2.61. The van der Waals surface area contributed by atoms with Gasteiger partial charge in [0.1, 0.15) is 0 Å². The lowest BCUT2D eigenvalue weighted by Gasteiger charge is -2.46. The first-order chi connectivity index (χ1) is 11.7. The zero-order valence-corrected chi connectivity index (χ0v) is 14.6. The highest BCUT2D eigenvalue weighted by Gasteiger charge is 2.42. The van der Waals surface area contributed by atoms with E-state index in [0.29, 0.717) is 5.92 Å². The fourth-order valence-corrected chi connectivity index (χ4v) is 4.35. The largest absolute Gasteiger partial charge is 0.350 e. The van der Waals surface area contributed by atoms with E-state index in [0.717, 1.165) is 31.4 Å². The van der Waals surface area contributed by atoms with Gasteiger partial charge in [-0.05, 0) is 44.2 Å². The molecule has 1 saturated carbocycles. The summed E-state index contributed by atoms with van der Waals surface area (Å²) in [6.45, 7) is 1.65. The topological polar surface area (TPSA) is 53.2 Å². The van der Waals surface area contributed by atoms with E-state index in [4.69, 9.17) is 0 Å². The third-order valence-corrected chi connectivity index (χ3v) is 5.40. The SMILES string of the molecule is CC(=O)NC1([C@@H]2CCCC=C2NNc2ccccc2)CCCCC1. The predicted molar refractivity (Wildman–Crippen MR) is 98.3 cm³/mol. The lowest BCUT2D eigenvalue weighted by atomic mass is 9.68. The fourth-order valence-electron chi connectivity index (χ4n) is 4.35. The van der Waals surface area contributed by atoms with Gasteiger partial charge in [-0.2, -0.15) is 0 Å². The Morgan fingerprint density at radius 3 is 2.50 bits per heavy atom. The molecule has 1 aromatic rings. The summed E-state index contributed by atoms with van der Waals surface area (Å²) in [5, 5.41) is 3.35. The van der Waals surface area contributed by atoms with Crippen molar-refractivity contribution in [3.05, 3.63) is 42.1 Å². The first-order valence-corrected chi connectivity index (χ1v) is 9.25. The van der Waals surface area contributed by atoms with Crippen LogP contribution in [-0.2, 0) is 4.79 Å². The van der Waals surface area contributed by atoms with Crippen molar-refractivity contribution in [2.75, 3.05) is 5.43 Å². The quantitative estimate of drug-likeness (QED) is 0.713. The van der Waals surface area contributed by atoms with Gasteiger partial charge in [-0.25, -0.2) is 0 Å². The molecule has 4 nitrogen and oxygen atoms in total. The summed E-state index contributed by atoms with van der Waals surface area (Å²) in [5.41, 5.74) is 8.98. The van der Waals surface area contributed by atoms with Crippen LogP contribution in [0.15, 0.2) is 42.1 Å². The van der Waals surface area contributed by atoms with Crippen molar-refractivity contribution in [1.29, 1.82) is 0 Å². The van der Waals surface area contributed by atoms with Gasteiger partial charge in [0.2, 0.25) is 5.91 Å². The Morgan fingerprint density at radius 2 is 1.79 bits per heavy atom. The van der Waals surface area contributed by atoms with Crippen LogP contribution in [0, 0.1) is 5.92 Å². The number of hydrazine groups is 1. The molecule has 0 bridgehead atoms. The highest BCUT2D eigenvalue weighted by Crippen LogP contribution is 2.41. The van der Waals surface area contributed by atoms with Gasteiger partial charge in [-0.1, -0.05) is 43.5 Å². The van der Waals surface area contributed by atoms with Crippen molar-refractivity contribution >= 4 is 11.6 Å². The van der Waals surface area contributed by atoms with Crippen molar-refractivity contribution in [2.24, 2.45) is 5.92 Å². The number of carbonyl (C=O) groups is 1. The molecule has 0 heterocycles. The second kappa shape index (κ2) is 7.73. The number of nitrogens with one attached hydrogen (secondary N) is 3. The van der Waals surface area contributed by atoms with Crippen LogP contribution in [0.25, 0.3) is 0 Å². The second-order valence-electron chi connectivity index (χ2n) is 7.16. The fraction of sp³-hybridized carbons (Fsp3) is 0.550. The van der Waals surface area contributed by atoms with Crippen molar-refractivity contribution in [2.45, 2.75) is 63.8 Å². The monoisotopic (exact) mass is 327 g/mol. The van der Waals surface area contributed by atoms with Gasteiger partial charge in [0.05, 0.1) is 5.69 Å². The molecule has 0 saturated heterocycles. The Balaban J connectivity index is 1.76. The zero-order valence-electron chi connectivity index (χ0n) is 14.6. The molecule has 4 heteroatoms. The Morgan fingerprint density at radius 1 is 1.04 bits per heavy atom. The molecule has 2 aliphatic carbocycles. The van der Waals surface area contributed by atoms with Crippen LogP contribution in [0.3, 0.4) is 0 Å². The summed E-state index contributed by atoms with van der Waals surface area (Å²) in [4.78, 5) is 11.9. The summed E-state index contributed by atoms with van der Waals surface area (Å²) < 4.78 is 0. The molecule has 1 amide bonds. The van der Waals surface area contributed by atoms with Crippen LogP contribution >= 0.6 is 0 Å². The maximum Gasteiger partial charge on any atom is 0.217 e. The lowest BCUT2D eigenvalue weighted by Crippen LogP contribution is -2.56. The van der Waals surface area contributed by atoms with Crippen molar-refractivity contribution in [3.63, 3.8) is 0 Å². The number of hydrogen-bond acceptors (Lipinski definition) is 3. The highest BCUT2D eigenvalue weighted by molar-refractivity contribution is 5.74. The molecule has 2 aliphatic rings. The molecule has 0 aliphatic heterocycles. The number of hydrogen-bond donors (Lipinski definition) is 3. The van der Waals surface area contributed by atoms with Crippen LogP contribution in [0.5, 0.6) is 0 Å². The predicted octanol–water partition coefficient (Wildman–Crippen LogP) is 4.13.